The molecule has 16 heavy (non-hydrogen) atoms. The topological polar surface area (TPSA) is 3.24 Å². The highest BCUT2D eigenvalue weighted by molar-refractivity contribution is 4.98. The van der Waals surface area contributed by atoms with E-state index in [0.29, 0.717) is 0 Å². The molecule has 2 heterocycles. The van der Waals surface area contributed by atoms with Crippen molar-refractivity contribution in [3.63, 3.8) is 0 Å². The third-order valence-corrected chi connectivity index (χ3v) is 4.71. The van der Waals surface area contributed by atoms with E-state index in [0.717, 1.165) is 23.9 Å². The van der Waals surface area contributed by atoms with Gasteiger partial charge in [0.1, 0.15) is 0 Å². The van der Waals surface area contributed by atoms with Gasteiger partial charge in [0.15, 0.2) is 0 Å². The molecule has 0 bridgehead atoms. The number of fused-ring (bicyclic) bond motifs is 1. The zero-order chi connectivity index (χ0) is 11.5. The Labute approximate surface area is 101 Å². The van der Waals surface area contributed by atoms with Gasteiger partial charge in [-0.15, -0.1) is 6.58 Å². The molecule has 4 atom stereocenters. The van der Waals surface area contributed by atoms with Gasteiger partial charge < -0.3 is 0 Å². The van der Waals surface area contributed by atoms with Crippen molar-refractivity contribution in [2.24, 2.45) is 11.8 Å². The van der Waals surface area contributed by atoms with Gasteiger partial charge in [0.2, 0.25) is 0 Å². The highest BCUT2D eigenvalue weighted by atomic mass is 15.2. The Bertz CT molecular complexity index is 236. The van der Waals surface area contributed by atoms with Crippen molar-refractivity contribution in [1.82, 2.24) is 4.90 Å². The highest BCUT2D eigenvalue weighted by Gasteiger charge is 2.41. The molecule has 2 aliphatic rings. The maximum Gasteiger partial charge on any atom is 0.0158 e. The summed E-state index contributed by atoms with van der Waals surface area (Å²) in [5.74, 6) is 1.84. The second kappa shape index (κ2) is 5.35. The van der Waals surface area contributed by atoms with E-state index < -0.39 is 0 Å². The Hall–Kier alpha value is -0.300. The van der Waals surface area contributed by atoms with Crippen molar-refractivity contribution >= 4 is 0 Å². The normalized spacial score (nSPS) is 39.6. The van der Waals surface area contributed by atoms with Gasteiger partial charge in [0.05, 0.1) is 0 Å². The second-order valence-corrected chi connectivity index (χ2v) is 5.80. The molecule has 0 aliphatic carbocycles. The average molecular weight is 221 g/mol. The summed E-state index contributed by atoms with van der Waals surface area (Å²) in [6, 6.07) is 1.69. The molecule has 92 valence electrons. The van der Waals surface area contributed by atoms with E-state index >= 15 is 0 Å². The summed E-state index contributed by atoms with van der Waals surface area (Å²) in [6.07, 6.45) is 10.4. The smallest absolute Gasteiger partial charge is 0.0158 e. The van der Waals surface area contributed by atoms with Gasteiger partial charge in [-0.2, -0.15) is 0 Å². The van der Waals surface area contributed by atoms with E-state index in [4.69, 9.17) is 0 Å². The van der Waals surface area contributed by atoms with E-state index in [1.54, 1.807) is 0 Å². The molecular weight excluding hydrogens is 194 g/mol. The molecule has 2 saturated heterocycles. The molecule has 0 spiro atoms. The molecule has 2 rings (SSSR count). The lowest BCUT2D eigenvalue weighted by Crippen LogP contribution is -2.51. The lowest BCUT2D eigenvalue weighted by atomic mass is 9.77. The summed E-state index contributed by atoms with van der Waals surface area (Å²) in [4.78, 5) is 2.82. The van der Waals surface area contributed by atoms with E-state index in [-0.39, 0.29) is 0 Å². The van der Waals surface area contributed by atoms with Gasteiger partial charge in [-0.1, -0.05) is 26.3 Å². The lowest BCUT2D eigenvalue weighted by Gasteiger charge is -2.46. The van der Waals surface area contributed by atoms with Gasteiger partial charge in [-0.25, -0.2) is 0 Å². The van der Waals surface area contributed by atoms with Gasteiger partial charge in [0, 0.05) is 12.1 Å². The standard InChI is InChI=1S/C15H27N/c1-4-7-13-11-12(3)14(8-5-2)16-10-6-9-15(13)16/h5,12-15H,2,4,6-11H2,1,3H3/t12-,13-,14-,15+/m1/s1. The minimum absolute atomic E-state index is 0.790. The molecule has 0 amide bonds. The molecule has 0 saturated carbocycles. The quantitative estimate of drug-likeness (QED) is 0.652. The summed E-state index contributed by atoms with van der Waals surface area (Å²) in [7, 11) is 0. The Kier molecular flexibility index (Phi) is 4.07. The summed E-state index contributed by atoms with van der Waals surface area (Å²) in [5.41, 5.74) is 0. The van der Waals surface area contributed by atoms with Crippen LogP contribution in [0.5, 0.6) is 0 Å². The Balaban J connectivity index is 2.08. The molecule has 0 aromatic heterocycles. The molecule has 1 heteroatoms. The predicted octanol–water partition coefficient (Wildman–Crippen LogP) is 3.85. The van der Waals surface area contributed by atoms with Crippen molar-refractivity contribution in [3.05, 3.63) is 12.7 Å². The Morgan fingerprint density at radius 1 is 1.44 bits per heavy atom. The molecule has 0 N–H and O–H groups in total. The summed E-state index contributed by atoms with van der Waals surface area (Å²) in [6.45, 7) is 10.1. The molecule has 0 unspecified atom stereocenters. The maximum atomic E-state index is 3.93. The van der Waals surface area contributed by atoms with Crippen LogP contribution in [0.4, 0.5) is 0 Å². The number of hydrogen-bond acceptors (Lipinski definition) is 1. The second-order valence-electron chi connectivity index (χ2n) is 5.80. The minimum Gasteiger partial charge on any atom is -0.297 e. The van der Waals surface area contributed by atoms with Crippen LogP contribution in [0.1, 0.15) is 52.4 Å². The Morgan fingerprint density at radius 3 is 2.94 bits per heavy atom. The Morgan fingerprint density at radius 2 is 2.25 bits per heavy atom. The molecule has 0 aromatic rings. The number of hydrogen-bond donors (Lipinski definition) is 0. The van der Waals surface area contributed by atoms with Crippen molar-refractivity contribution in [1.29, 1.82) is 0 Å². The van der Waals surface area contributed by atoms with Crippen LogP contribution in [0.25, 0.3) is 0 Å². The van der Waals surface area contributed by atoms with Crippen molar-refractivity contribution < 1.29 is 0 Å². The molecule has 2 aliphatic heterocycles. The lowest BCUT2D eigenvalue weighted by molar-refractivity contribution is 0.0315. The fraction of sp³-hybridized carbons (Fsp3) is 0.867. The minimum atomic E-state index is 0.790. The average Bonchev–Trinajstić information content (AvgIpc) is 2.73. The summed E-state index contributed by atoms with van der Waals surface area (Å²) >= 11 is 0. The number of nitrogens with zero attached hydrogens (tertiary/aromatic N) is 1. The fourth-order valence-corrected chi connectivity index (χ4v) is 4.07. The van der Waals surface area contributed by atoms with E-state index in [2.05, 4.69) is 31.4 Å². The van der Waals surface area contributed by atoms with Crippen LogP contribution < -0.4 is 0 Å². The van der Waals surface area contributed by atoms with Gasteiger partial charge in [0.25, 0.3) is 0 Å². The summed E-state index contributed by atoms with van der Waals surface area (Å²) in [5, 5.41) is 0. The van der Waals surface area contributed by atoms with Gasteiger partial charge in [-0.05, 0) is 50.5 Å². The first-order valence-corrected chi connectivity index (χ1v) is 7.14. The zero-order valence-electron chi connectivity index (χ0n) is 11.0. The predicted molar refractivity (Wildman–Crippen MR) is 70.5 cm³/mol. The van der Waals surface area contributed by atoms with Crippen LogP contribution in [0, 0.1) is 11.8 Å². The maximum absolute atomic E-state index is 3.93. The van der Waals surface area contributed by atoms with Crippen LogP contribution in [0.2, 0.25) is 0 Å². The van der Waals surface area contributed by atoms with Crippen LogP contribution in [-0.4, -0.2) is 23.5 Å². The fourth-order valence-electron chi connectivity index (χ4n) is 4.07. The van der Waals surface area contributed by atoms with Gasteiger partial charge in [-0.3, -0.25) is 4.90 Å². The van der Waals surface area contributed by atoms with Crippen molar-refractivity contribution in [2.75, 3.05) is 6.54 Å². The third kappa shape index (κ3) is 2.20. The van der Waals surface area contributed by atoms with Crippen LogP contribution in [-0.2, 0) is 0 Å². The third-order valence-electron chi connectivity index (χ3n) is 4.71. The molecular formula is C15H27N. The van der Waals surface area contributed by atoms with Crippen LogP contribution >= 0.6 is 0 Å². The molecule has 1 nitrogen and oxygen atoms in total. The first kappa shape index (κ1) is 12.2. The van der Waals surface area contributed by atoms with Crippen LogP contribution in [0.15, 0.2) is 12.7 Å². The molecule has 0 aromatic carbocycles. The molecule has 2 fully saturated rings. The summed E-state index contributed by atoms with van der Waals surface area (Å²) < 4.78 is 0. The largest absolute Gasteiger partial charge is 0.297 e. The van der Waals surface area contributed by atoms with E-state index in [9.17, 15) is 0 Å². The molecule has 0 radical (unpaired) electrons. The zero-order valence-corrected chi connectivity index (χ0v) is 11.0. The first-order chi connectivity index (χ1) is 7.77. The first-order valence-electron chi connectivity index (χ1n) is 7.14. The highest BCUT2D eigenvalue weighted by Crippen LogP contribution is 2.41. The van der Waals surface area contributed by atoms with Gasteiger partial charge >= 0.3 is 0 Å². The van der Waals surface area contributed by atoms with Crippen molar-refractivity contribution in [2.45, 2.75) is 64.5 Å². The number of piperidine rings is 1. The van der Waals surface area contributed by atoms with Crippen molar-refractivity contribution in [3.8, 4) is 0 Å². The SMILES string of the molecule is C=CC[C@@H]1[C@H](C)C[C@@H](CCC)[C@@H]2CCCN12. The number of rotatable bonds is 4. The van der Waals surface area contributed by atoms with Crippen LogP contribution in [0.3, 0.4) is 0 Å². The van der Waals surface area contributed by atoms with E-state index in [1.807, 2.05) is 0 Å². The van der Waals surface area contributed by atoms with E-state index in [1.165, 1.54) is 45.1 Å². The monoisotopic (exact) mass is 221 g/mol.